The normalized spacial score (nSPS) is 16.8. The number of pyridine rings is 1. The lowest BCUT2D eigenvalue weighted by Gasteiger charge is -2.31. The molecule has 3 atom stereocenters. The Labute approximate surface area is 241 Å². The fourth-order valence-corrected chi connectivity index (χ4v) is 5.09. The van der Waals surface area contributed by atoms with Gasteiger partial charge in [-0.15, -0.1) is 0 Å². The van der Waals surface area contributed by atoms with Crippen LogP contribution in [0.3, 0.4) is 0 Å². The molecule has 1 aliphatic rings. The summed E-state index contributed by atoms with van der Waals surface area (Å²) in [6.07, 6.45) is 4.20. The molecule has 0 saturated carbocycles. The molecule has 0 aliphatic carbocycles. The number of nitrogens with one attached hydrogen (secondary N) is 3. The lowest BCUT2D eigenvalue weighted by molar-refractivity contribution is -0.145. The maximum atomic E-state index is 13.5. The van der Waals surface area contributed by atoms with Crippen molar-refractivity contribution in [3.8, 4) is 0 Å². The minimum absolute atomic E-state index is 0.0288. The van der Waals surface area contributed by atoms with Gasteiger partial charge in [-0.25, -0.2) is 0 Å². The summed E-state index contributed by atoms with van der Waals surface area (Å²) in [4.78, 5) is 45.6. The molecule has 1 saturated heterocycles. The Morgan fingerprint density at radius 1 is 1.02 bits per heavy atom. The number of amides is 3. The zero-order valence-corrected chi connectivity index (χ0v) is 24.1. The van der Waals surface area contributed by atoms with Gasteiger partial charge in [0.25, 0.3) is 0 Å². The summed E-state index contributed by atoms with van der Waals surface area (Å²) in [5.74, 6) is -0.795. The van der Waals surface area contributed by atoms with E-state index in [1.165, 1.54) is 0 Å². The second-order valence-electron chi connectivity index (χ2n) is 11.7. The lowest BCUT2D eigenvalue weighted by Crippen LogP contribution is -2.55. The topological polar surface area (TPSA) is 124 Å². The third-order valence-electron chi connectivity index (χ3n) is 7.29. The molecule has 3 amide bonds. The number of carbonyl (C=O) groups excluding carboxylic acids is 3. The number of hydrogen-bond acceptors (Lipinski definition) is 6. The van der Waals surface area contributed by atoms with Gasteiger partial charge in [0, 0.05) is 50.4 Å². The summed E-state index contributed by atoms with van der Waals surface area (Å²) in [6, 6.07) is 16.2. The molecule has 0 bridgehead atoms. The Balaban J connectivity index is 1.42. The molecule has 2 unspecified atom stereocenters. The standard InChI is InChI=1S/C32H41N5O4/c1-32(2,3)31(41)37-15-7-11-28(37)30(40)36-27(17-22-12-13-24-9-4-5-10-25(24)16-22)29(39)35-21-26(38)20-34-19-23-8-6-14-33-18-23/h4-6,8-10,12-14,16,18,26-28,34,38H,7,11,15,17,19-21H2,1-3H3,(H,35,39)(H,36,40)/t26?,27-,28?/m1/s1. The Hall–Kier alpha value is -3.82. The third-order valence-corrected chi connectivity index (χ3v) is 7.29. The Morgan fingerprint density at radius 3 is 2.54 bits per heavy atom. The molecule has 9 nitrogen and oxygen atoms in total. The van der Waals surface area contributed by atoms with Gasteiger partial charge in [0.1, 0.15) is 12.1 Å². The van der Waals surface area contributed by atoms with Crippen LogP contribution in [0.1, 0.15) is 44.7 Å². The highest BCUT2D eigenvalue weighted by Crippen LogP contribution is 2.26. The molecule has 218 valence electrons. The van der Waals surface area contributed by atoms with E-state index in [-0.39, 0.29) is 37.2 Å². The van der Waals surface area contributed by atoms with Gasteiger partial charge in [0.15, 0.2) is 0 Å². The summed E-state index contributed by atoms with van der Waals surface area (Å²) >= 11 is 0. The predicted octanol–water partition coefficient (Wildman–Crippen LogP) is 2.57. The molecule has 2 heterocycles. The van der Waals surface area contributed by atoms with E-state index in [9.17, 15) is 19.5 Å². The van der Waals surface area contributed by atoms with Gasteiger partial charge in [-0.3, -0.25) is 19.4 Å². The molecular formula is C32H41N5O4. The van der Waals surface area contributed by atoms with Crippen LogP contribution in [0.15, 0.2) is 67.0 Å². The van der Waals surface area contributed by atoms with Crippen LogP contribution in [0.4, 0.5) is 0 Å². The Bertz CT molecular complexity index is 1340. The van der Waals surface area contributed by atoms with Crippen LogP contribution < -0.4 is 16.0 Å². The molecule has 0 spiro atoms. The van der Waals surface area contributed by atoms with Gasteiger partial charge in [0.05, 0.1) is 6.10 Å². The first-order chi connectivity index (χ1) is 19.6. The average molecular weight is 560 g/mol. The van der Waals surface area contributed by atoms with Crippen LogP contribution in [-0.2, 0) is 27.3 Å². The van der Waals surface area contributed by atoms with Crippen LogP contribution in [0.5, 0.6) is 0 Å². The van der Waals surface area contributed by atoms with E-state index in [0.717, 1.165) is 28.3 Å². The largest absolute Gasteiger partial charge is 0.390 e. The average Bonchev–Trinajstić information content (AvgIpc) is 3.45. The molecule has 0 radical (unpaired) electrons. The first-order valence-electron chi connectivity index (χ1n) is 14.3. The van der Waals surface area contributed by atoms with Gasteiger partial charge in [-0.1, -0.05) is 69.3 Å². The zero-order chi connectivity index (χ0) is 29.4. The number of fused-ring (bicyclic) bond motifs is 1. The number of aliphatic hydroxyl groups is 1. The van der Waals surface area contributed by atoms with Gasteiger partial charge < -0.3 is 26.0 Å². The minimum atomic E-state index is -0.869. The van der Waals surface area contributed by atoms with Crippen LogP contribution in [0, 0.1) is 5.41 Å². The van der Waals surface area contributed by atoms with Crippen molar-refractivity contribution < 1.29 is 19.5 Å². The Kier molecular flexibility index (Phi) is 10.1. The molecule has 4 rings (SSSR count). The van der Waals surface area contributed by atoms with Crippen molar-refractivity contribution in [2.24, 2.45) is 5.41 Å². The van der Waals surface area contributed by atoms with E-state index in [4.69, 9.17) is 0 Å². The highest BCUT2D eigenvalue weighted by Gasteiger charge is 2.39. The van der Waals surface area contributed by atoms with Gasteiger partial charge in [0.2, 0.25) is 17.7 Å². The highest BCUT2D eigenvalue weighted by atomic mass is 16.3. The maximum Gasteiger partial charge on any atom is 0.243 e. The van der Waals surface area contributed by atoms with E-state index < -0.39 is 23.6 Å². The first kappa shape index (κ1) is 30.1. The second-order valence-corrected chi connectivity index (χ2v) is 11.7. The zero-order valence-electron chi connectivity index (χ0n) is 24.1. The van der Waals surface area contributed by atoms with Crippen molar-refractivity contribution in [3.63, 3.8) is 0 Å². The van der Waals surface area contributed by atoms with Crippen LogP contribution >= 0.6 is 0 Å². The van der Waals surface area contributed by atoms with E-state index in [1.54, 1.807) is 17.3 Å². The number of hydrogen-bond donors (Lipinski definition) is 4. The fraction of sp³-hybridized carbons (Fsp3) is 0.438. The maximum absolute atomic E-state index is 13.5. The molecule has 1 aliphatic heterocycles. The number of likely N-dealkylation sites (tertiary alicyclic amines) is 1. The smallest absolute Gasteiger partial charge is 0.243 e. The SMILES string of the molecule is CC(C)(C)C(=O)N1CCCC1C(=O)N[C@H](Cc1ccc2ccccc2c1)C(=O)NCC(O)CNCc1cccnc1. The van der Waals surface area contributed by atoms with E-state index in [1.807, 2.05) is 75.4 Å². The monoisotopic (exact) mass is 559 g/mol. The number of carbonyl (C=O) groups is 3. The molecule has 1 aromatic heterocycles. The van der Waals surface area contributed by atoms with E-state index in [2.05, 4.69) is 20.9 Å². The molecule has 4 N–H and O–H groups in total. The molecule has 1 fully saturated rings. The first-order valence-corrected chi connectivity index (χ1v) is 14.3. The van der Waals surface area contributed by atoms with E-state index >= 15 is 0 Å². The van der Waals surface area contributed by atoms with Crippen molar-refractivity contribution in [1.29, 1.82) is 0 Å². The van der Waals surface area contributed by atoms with E-state index in [0.29, 0.717) is 19.5 Å². The second kappa shape index (κ2) is 13.7. The molecule has 41 heavy (non-hydrogen) atoms. The summed E-state index contributed by atoms with van der Waals surface area (Å²) in [5, 5.41) is 21.5. The Morgan fingerprint density at radius 2 is 1.80 bits per heavy atom. The quantitative estimate of drug-likeness (QED) is 0.286. The molecule has 2 aromatic carbocycles. The molecule has 3 aromatic rings. The summed E-state index contributed by atoms with van der Waals surface area (Å²) < 4.78 is 0. The lowest BCUT2D eigenvalue weighted by atomic mass is 9.94. The summed E-state index contributed by atoms with van der Waals surface area (Å²) in [6.45, 7) is 6.91. The number of aromatic nitrogens is 1. The van der Waals surface area contributed by atoms with Crippen molar-refractivity contribution in [3.05, 3.63) is 78.1 Å². The van der Waals surface area contributed by atoms with Crippen LogP contribution in [0.2, 0.25) is 0 Å². The molecule has 9 heteroatoms. The van der Waals surface area contributed by atoms with Gasteiger partial charge in [-0.2, -0.15) is 0 Å². The number of benzene rings is 2. The van der Waals surface area contributed by atoms with Crippen LogP contribution in [-0.4, -0.2) is 70.5 Å². The van der Waals surface area contributed by atoms with Crippen molar-refractivity contribution >= 4 is 28.5 Å². The fourth-order valence-electron chi connectivity index (χ4n) is 5.09. The minimum Gasteiger partial charge on any atom is -0.390 e. The number of rotatable bonds is 11. The molecular weight excluding hydrogens is 518 g/mol. The van der Waals surface area contributed by atoms with Gasteiger partial charge in [-0.05, 0) is 40.8 Å². The van der Waals surface area contributed by atoms with Gasteiger partial charge >= 0.3 is 0 Å². The number of aliphatic hydroxyl groups excluding tert-OH is 1. The third kappa shape index (κ3) is 8.34. The van der Waals surface area contributed by atoms with Crippen LogP contribution in [0.25, 0.3) is 10.8 Å². The van der Waals surface area contributed by atoms with Crippen molar-refractivity contribution in [1.82, 2.24) is 25.8 Å². The predicted molar refractivity (Wildman–Crippen MR) is 159 cm³/mol. The van der Waals surface area contributed by atoms with Crippen molar-refractivity contribution in [2.45, 2.75) is 64.8 Å². The van der Waals surface area contributed by atoms with Crippen molar-refractivity contribution in [2.75, 3.05) is 19.6 Å². The summed E-state index contributed by atoms with van der Waals surface area (Å²) in [7, 11) is 0. The summed E-state index contributed by atoms with van der Waals surface area (Å²) in [5.41, 5.74) is 1.29. The highest BCUT2D eigenvalue weighted by molar-refractivity contribution is 5.93. The number of nitrogens with zero attached hydrogens (tertiary/aromatic N) is 2.